The summed E-state index contributed by atoms with van der Waals surface area (Å²) in [6.45, 7) is 0.436. The molecule has 9 nitrogen and oxygen atoms in total. The van der Waals surface area contributed by atoms with Crippen LogP contribution in [0.4, 0.5) is 4.79 Å². The van der Waals surface area contributed by atoms with Crippen molar-refractivity contribution in [1.29, 1.82) is 0 Å². The molecular weight excluding hydrogens is 438 g/mol. The summed E-state index contributed by atoms with van der Waals surface area (Å²) in [5.41, 5.74) is 4.43. The van der Waals surface area contributed by atoms with Gasteiger partial charge in [0.05, 0.1) is 12.5 Å². The second kappa shape index (κ2) is 11.6. The quantitative estimate of drug-likeness (QED) is 0.395. The Hall–Kier alpha value is -3.43. The van der Waals surface area contributed by atoms with Gasteiger partial charge in [0.1, 0.15) is 12.6 Å². The third kappa shape index (κ3) is 6.55. The minimum atomic E-state index is -1.18. The van der Waals surface area contributed by atoms with E-state index >= 15 is 0 Å². The van der Waals surface area contributed by atoms with Gasteiger partial charge in [-0.05, 0) is 42.8 Å². The molecule has 0 saturated carbocycles. The average Bonchev–Trinajstić information content (AvgIpc) is 3.12. The Morgan fingerprint density at radius 2 is 1.62 bits per heavy atom. The van der Waals surface area contributed by atoms with Gasteiger partial charge in [0.15, 0.2) is 0 Å². The first kappa shape index (κ1) is 25.2. The van der Waals surface area contributed by atoms with Crippen LogP contribution in [-0.2, 0) is 14.3 Å². The van der Waals surface area contributed by atoms with E-state index in [1.54, 1.807) is 14.1 Å². The zero-order valence-corrected chi connectivity index (χ0v) is 19.4. The maximum Gasteiger partial charge on any atom is 0.407 e. The van der Waals surface area contributed by atoms with E-state index in [1.807, 2.05) is 53.4 Å². The second-order valence-electron chi connectivity index (χ2n) is 8.61. The lowest BCUT2D eigenvalue weighted by Crippen LogP contribution is -2.44. The van der Waals surface area contributed by atoms with Crippen LogP contribution in [0.25, 0.3) is 11.1 Å². The molecule has 4 N–H and O–H groups in total. The fourth-order valence-corrected chi connectivity index (χ4v) is 4.03. The molecule has 0 bridgehead atoms. The van der Waals surface area contributed by atoms with Gasteiger partial charge in [0, 0.05) is 19.0 Å². The number of nitrogens with one attached hydrogen (secondary N) is 2. The number of hydrogen-bond donors (Lipinski definition) is 4. The van der Waals surface area contributed by atoms with E-state index in [-0.39, 0.29) is 31.9 Å². The number of benzene rings is 2. The third-order valence-corrected chi connectivity index (χ3v) is 5.75. The van der Waals surface area contributed by atoms with Crippen LogP contribution < -0.4 is 10.6 Å². The van der Waals surface area contributed by atoms with Crippen LogP contribution in [0.3, 0.4) is 0 Å². The molecule has 0 radical (unpaired) electrons. The van der Waals surface area contributed by atoms with E-state index in [0.717, 1.165) is 22.3 Å². The Bertz CT molecular complexity index is 980. The molecule has 9 heteroatoms. The van der Waals surface area contributed by atoms with E-state index in [4.69, 9.17) is 4.74 Å². The highest BCUT2D eigenvalue weighted by molar-refractivity contribution is 5.84. The molecule has 182 valence electrons. The number of aliphatic carboxylic acids is 1. The van der Waals surface area contributed by atoms with Crippen LogP contribution in [0, 0.1) is 0 Å². The summed E-state index contributed by atoms with van der Waals surface area (Å²) in [6.07, 6.45) is -1.98. The lowest BCUT2D eigenvalue weighted by Gasteiger charge is -2.18. The molecule has 0 aromatic heterocycles. The Morgan fingerprint density at radius 3 is 2.18 bits per heavy atom. The van der Waals surface area contributed by atoms with Crippen LogP contribution in [0.2, 0.25) is 0 Å². The summed E-state index contributed by atoms with van der Waals surface area (Å²) >= 11 is 0. The molecule has 0 spiro atoms. The minimum Gasteiger partial charge on any atom is -0.480 e. The van der Waals surface area contributed by atoms with Gasteiger partial charge in [0.25, 0.3) is 0 Å². The van der Waals surface area contributed by atoms with Crippen LogP contribution >= 0.6 is 0 Å². The zero-order chi connectivity index (χ0) is 24.7. The van der Waals surface area contributed by atoms with Crippen LogP contribution in [0.1, 0.15) is 29.9 Å². The van der Waals surface area contributed by atoms with Gasteiger partial charge in [0.2, 0.25) is 5.91 Å². The van der Waals surface area contributed by atoms with Crippen molar-refractivity contribution in [2.75, 3.05) is 33.8 Å². The number of aliphatic hydroxyl groups excluding tert-OH is 1. The normalized spacial score (nSPS) is 14.1. The van der Waals surface area contributed by atoms with E-state index in [2.05, 4.69) is 10.6 Å². The van der Waals surface area contributed by atoms with Gasteiger partial charge < -0.3 is 30.5 Å². The number of carboxylic acid groups (broad SMARTS) is 1. The van der Waals surface area contributed by atoms with Crippen LogP contribution in [0.15, 0.2) is 48.5 Å². The Morgan fingerprint density at radius 1 is 1.03 bits per heavy atom. The highest BCUT2D eigenvalue weighted by Crippen LogP contribution is 2.44. The van der Waals surface area contributed by atoms with Gasteiger partial charge >= 0.3 is 12.1 Å². The first-order valence-corrected chi connectivity index (χ1v) is 11.2. The number of rotatable bonds is 11. The summed E-state index contributed by atoms with van der Waals surface area (Å²) in [7, 11) is 3.61. The van der Waals surface area contributed by atoms with Crippen molar-refractivity contribution in [2.45, 2.75) is 30.9 Å². The minimum absolute atomic E-state index is 0.0797. The van der Waals surface area contributed by atoms with Crippen molar-refractivity contribution in [1.82, 2.24) is 15.5 Å². The SMILES string of the molecule is CN(C)CCC(NC(=O)CC(O)CNC(=O)OCC1c2ccccc2-c2ccccc21)C(=O)O. The molecule has 2 aromatic rings. The van der Waals surface area contributed by atoms with E-state index < -0.39 is 30.1 Å². The third-order valence-electron chi connectivity index (χ3n) is 5.75. The summed E-state index contributed by atoms with van der Waals surface area (Å²) in [4.78, 5) is 37.4. The standard InChI is InChI=1S/C25H31N3O6/c1-28(2)12-11-22(24(31)32)27-23(30)13-16(29)14-26-25(33)34-15-21-19-9-5-3-7-17(19)18-8-4-6-10-20(18)21/h3-10,16,21-22,29H,11-15H2,1-2H3,(H,26,33)(H,27,30)(H,31,32). The predicted molar refractivity (Wildman–Crippen MR) is 126 cm³/mol. The molecule has 2 unspecified atom stereocenters. The highest BCUT2D eigenvalue weighted by Gasteiger charge is 2.29. The van der Waals surface area contributed by atoms with E-state index in [1.165, 1.54) is 0 Å². The maximum absolute atomic E-state index is 12.2. The first-order valence-electron chi connectivity index (χ1n) is 11.2. The second-order valence-corrected chi connectivity index (χ2v) is 8.61. The monoisotopic (exact) mass is 469 g/mol. The number of hydrogen-bond acceptors (Lipinski definition) is 6. The number of alkyl carbamates (subject to hydrolysis) is 1. The number of ether oxygens (including phenoxy) is 1. The lowest BCUT2D eigenvalue weighted by atomic mass is 9.98. The smallest absolute Gasteiger partial charge is 0.407 e. The first-order chi connectivity index (χ1) is 16.3. The van der Waals surface area contributed by atoms with Crippen LogP contribution in [-0.4, -0.2) is 79.0 Å². The summed E-state index contributed by atoms with van der Waals surface area (Å²) < 4.78 is 5.40. The molecule has 0 aliphatic heterocycles. The van der Waals surface area contributed by atoms with Gasteiger partial charge in [-0.2, -0.15) is 0 Å². The fourth-order valence-electron chi connectivity index (χ4n) is 4.03. The molecule has 2 amide bonds. The van der Waals surface area contributed by atoms with Crippen molar-refractivity contribution in [3.63, 3.8) is 0 Å². The number of amides is 2. The average molecular weight is 470 g/mol. The lowest BCUT2D eigenvalue weighted by molar-refractivity contribution is -0.142. The summed E-state index contributed by atoms with van der Waals surface area (Å²) in [5, 5.41) is 24.2. The van der Waals surface area contributed by atoms with Crippen molar-refractivity contribution in [3.05, 3.63) is 59.7 Å². The molecule has 3 rings (SSSR count). The number of nitrogens with zero attached hydrogens (tertiary/aromatic N) is 1. The topological polar surface area (TPSA) is 128 Å². The van der Waals surface area contributed by atoms with Crippen molar-refractivity contribution in [2.24, 2.45) is 0 Å². The van der Waals surface area contributed by atoms with Crippen molar-refractivity contribution >= 4 is 18.0 Å². The van der Waals surface area contributed by atoms with Crippen LogP contribution in [0.5, 0.6) is 0 Å². The molecule has 0 heterocycles. The number of aliphatic hydroxyl groups is 1. The Kier molecular flexibility index (Phi) is 8.61. The van der Waals surface area contributed by atoms with Crippen molar-refractivity contribution in [3.8, 4) is 11.1 Å². The largest absolute Gasteiger partial charge is 0.480 e. The molecule has 1 aliphatic carbocycles. The molecule has 34 heavy (non-hydrogen) atoms. The molecule has 0 saturated heterocycles. The summed E-state index contributed by atoms with van der Waals surface area (Å²) in [6, 6.07) is 14.9. The number of carboxylic acids is 1. The fraction of sp³-hybridized carbons (Fsp3) is 0.400. The number of carbonyl (C=O) groups excluding carboxylic acids is 2. The number of fused-ring (bicyclic) bond motifs is 3. The zero-order valence-electron chi connectivity index (χ0n) is 19.4. The van der Waals surface area contributed by atoms with Gasteiger partial charge in [-0.25, -0.2) is 9.59 Å². The number of carbonyl (C=O) groups is 3. The van der Waals surface area contributed by atoms with Gasteiger partial charge in [-0.3, -0.25) is 4.79 Å². The molecule has 0 fully saturated rings. The Labute approximate surface area is 198 Å². The maximum atomic E-state index is 12.2. The highest BCUT2D eigenvalue weighted by atomic mass is 16.5. The Balaban J connectivity index is 1.45. The van der Waals surface area contributed by atoms with Crippen molar-refractivity contribution < 1.29 is 29.3 Å². The molecule has 1 aliphatic rings. The molecule has 2 aromatic carbocycles. The van der Waals surface area contributed by atoms with Gasteiger partial charge in [-0.15, -0.1) is 0 Å². The predicted octanol–water partition coefficient (Wildman–Crippen LogP) is 1.80. The van der Waals surface area contributed by atoms with Gasteiger partial charge in [-0.1, -0.05) is 48.5 Å². The molecular formula is C25H31N3O6. The van der Waals surface area contributed by atoms with E-state index in [0.29, 0.717) is 6.54 Å². The molecule has 2 atom stereocenters. The van der Waals surface area contributed by atoms with E-state index in [9.17, 15) is 24.6 Å². The summed E-state index contributed by atoms with van der Waals surface area (Å²) in [5.74, 6) is -1.82.